The number of allylic oxidation sites excluding steroid dienone is 2. The molecule has 1 unspecified atom stereocenters. The zero-order valence-corrected chi connectivity index (χ0v) is 7.73. The molecule has 2 aliphatic rings. The van der Waals surface area contributed by atoms with Crippen molar-refractivity contribution in [3.63, 3.8) is 0 Å². The van der Waals surface area contributed by atoms with Crippen LogP contribution in [-0.2, 0) is 4.79 Å². The lowest BCUT2D eigenvalue weighted by Crippen LogP contribution is -2.23. The molecule has 1 saturated carbocycles. The lowest BCUT2D eigenvalue weighted by molar-refractivity contribution is -0.123. The molecule has 0 aromatic rings. The lowest BCUT2D eigenvalue weighted by atomic mass is 9.79. The number of ketones is 1. The van der Waals surface area contributed by atoms with E-state index in [0.717, 1.165) is 19.3 Å². The molecule has 2 aliphatic carbocycles. The highest BCUT2D eigenvalue weighted by Crippen LogP contribution is 2.44. The van der Waals surface area contributed by atoms with Gasteiger partial charge in [-0.05, 0) is 39.0 Å². The first-order valence-corrected chi connectivity index (χ1v) is 4.96. The molecular weight excluding hydrogens is 148 g/mol. The van der Waals surface area contributed by atoms with E-state index in [2.05, 4.69) is 13.0 Å². The van der Waals surface area contributed by atoms with Crippen molar-refractivity contribution in [3.05, 3.63) is 11.6 Å². The van der Waals surface area contributed by atoms with Gasteiger partial charge in [0.05, 0.1) is 0 Å². The van der Waals surface area contributed by atoms with Crippen molar-refractivity contribution in [1.82, 2.24) is 0 Å². The molecule has 0 heterocycles. The van der Waals surface area contributed by atoms with Gasteiger partial charge in [-0.25, -0.2) is 0 Å². The molecule has 2 rings (SSSR count). The maximum atomic E-state index is 11.6. The molecule has 0 aliphatic heterocycles. The minimum Gasteiger partial charge on any atom is -0.299 e. The molecule has 66 valence electrons. The molecule has 1 atom stereocenters. The largest absolute Gasteiger partial charge is 0.299 e. The summed E-state index contributed by atoms with van der Waals surface area (Å²) in [5.41, 5.74) is 1.39. The van der Waals surface area contributed by atoms with Crippen LogP contribution < -0.4 is 0 Å². The Hall–Kier alpha value is -0.590. The number of Topliss-reactive ketones (excluding diaryl/α,β-unsaturated/α-hetero) is 1. The Morgan fingerprint density at radius 3 is 2.67 bits per heavy atom. The summed E-state index contributed by atoms with van der Waals surface area (Å²) in [7, 11) is 0. The Morgan fingerprint density at radius 1 is 1.33 bits per heavy atom. The third-order valence-corrected chi connectivity index (χ3v) is 3.45. The number of carbonyl (C=O) groups is 1. The minimum atomic E-state index is -0.0451. The molecule has 1 nitrogen and oxygen atoms in total. The van der Waals surface area contributed by atoms with Gasteiger partial charge in [-0.15, -0.1) is 0 Å². The summed E-state index contributed by atoms with van der Waals surface area (Å²) in [5.74, 6) is 0.482. The second kappa shape index (κ2) is 2.72. The number of carbonyl (C=O) groups excluding carboxylic acids is 1. The smallest absolute Gasteiger partial charge is 0.142 e. The van der Waals surface area contributed by atoms with Crippen LogP contribution in [0.5, 0.6) is 0 Å². The van der Waals surface area contributed by atoms with Crippen LogP contribution in [0.15, 0.2) is 11.6 Å². The quantitative estimate of drug-likeness (QED) is 0.545. The molecule has 0 aromatic heterocycles. The van der Waals surface area contributed by atoms with Crippen LogP contribution in [0.4, 0.5) is 0 Å². The van der Waals surface area contributed by atoms with E-state index >= 15 is 0 Å². The monoisotopic (exact) mass is 164 g/mol. The number of hydrogen-bond acceptors (Lipinski definition) is 1. The summed E-state index contributed by atoms with van der Waals surface area (Å²) < 4.78 is 0. The van der Waals surface area contributed by atoms with Gasteiger partial charge in [0.15, 0.2) is 0 Å². The van der Waals surface area contributed by atoms with Crippen molar-refractivity contribution in [3.8, 4) is 0 Å². The average Bonchev–Trinajstić information content (AvgIpc) is 2.62. The molecule has 0 radical (unpaired) electrons. The Kier molecular flexibility index (Phi) is 1.82. The highest BCUT2D eigenvalue weighted by atomic mass is 16.1. The maximum absolute atomic E-state index is 11.6. The summed E-state index contributed by atoms with van der Waals surface area (Å²) in [6.07, 6.45) is 8.93. The molecule has 1 fully saturated rings. The standard InChI is InChI=1S/C11H16O/c1-11(8-4-7-10(11)12)9-5-2-3-6-9/h5H,2-4,6-8H2,1H3. The summed E-state index contributed by atoms with van der Waals surface area (Å²) >= 11 is 0. The minimum absolute atomic E-state index is 0.0451. The zero-order valence-electron chi connectivity index (χ0n) is 7.73. The molecule has 0 N–H and O–H groups in total. The van der Waals surface area contributed by atoms with Crippen LogP contribution in [0.25, 0.3) is 0 Å². The van der Waals surface area contributed by atoms with Crippen LogP contribution in [0.3, 0.4) is 0 Å². The van der Waals surface area contributed by atoms with Crippen molar-refractivity contribution >= 4 is 5.78 Å². The Morgan fingerprint density at radius 2 is 2.17 bits per heavy atom. The summed E-state index contributed by atoms with van der Waals surface area (Å²) in [4.78, 5) is 11.6. The van der Waals surface area contributed by atoms with Gasteiger partial charge in [-0.1, -0.05) is 11.6 Å². The van der Waals surface area contributed by atoms with Crippen LogP contribution in [-0.4, -0.2) is 5.78 Å². The Labute approximate surface area is 73.8 Å². The van der Waals surface area contributed by atoms with E-state index in [4.69, 9.17) is 0 Å². The van der Waals surface area contributed by atoms with Crippen LogP contribution >= 0.6 is 0 Å². The topological polar surface area (TPSA) is 17.1 Å². The van der Waals surface area contributed by atoms with Crippen molar-refractivity contribution in [2.45, 2.75) is 45.4 Å². The molecule has 0 bridgehead atoms. The zero-order chi connectivity index (χ0) is 8.60. The highest BCUT2D eigenvalue weighted by molar-refractivity contribution is 5.89. The second-order valence-corrected chi connectivity index (χ2v) is 4.23. The van der Waals surface area contributed by atoms with Crippen LogP contribution in [0.2, 0.25) is 0 Å². The predicted octanol–water partition coefficient (Wildman–Crippen LogP) is 2.86. The lowest BCUT2D eigenvalue weighted by Gasteiger charge is -2.23. The van der Waals surface area contributed by atoms with Gasteiger partial charge in [-0.2, -0.15) is 0 Å². The van der Waals surface area contributed by atoms with E-state index in [-0.39, 0.29) is 5.41 Å². The predicted molar refractivity (Wildman–Crippen MR) is 48.9 cm³/mol. The van der Waals surface area contributed by atoms with E-state index in [1.807, 2.05) is 0 Å². The van der Waals surface area contributed by atoms with E-state index in [1.165, 1.54) is 24.8 Å². The van der Waals surface area contributed by atoms with Gasteiger partial charge in [0.25, 0.3) is 0 Å². The molecule has 12 heavy (non-hydrogen) atoms. The van der Waals surface area contributed by atoms with Crippen molar-refractivity contribution in [2.75, 3.05) is 0 Å². The third kappa shape index (κ3) is 1.03. The second-order valence-electron chi connectivity index (χ2n) is 4.23. The molecule has 0 saturated heterocycles. The molecular formula is C11H16O. The van der Waals surface area contributed by atoms with Crippen molar-refractivity contribution in [1.29, 1.82) is 0 Å². The van der Waals surface area contributed by atoms with Gasteiger partial charge in [0.2, 0.25) is 0 Å². The number of rotatable bonds is 1. The highest BCUT2D eigenvalue weighted by Gasteiger charge is 2.40. The molecule has 1 heteroatoms. The maximum Gasteiger partial charge on any atom is 0.142 e. The fraction of sp³-hybridized carbons (Fsp3) is 0.727. The van der Waals surface area contributed by atoms with Gasteiger partial charge >= 0.3 is 0 Å². The number of hydrogen-bond donors (Lipinski definition) is 0. The van der Waals surface area contributed by atoms with E-state index < -0.39 is 0 Å². The van der Waals surface area contributed by atoms with E-state index in [0.29, 0.717) is 5.78 Å². The first kappa shape index (κ1) is 8.03. The summed E-state index contributed by atoms with van der Waals surface area (Å²) in [6, 6.07) is 0. The van der Waals surface area contributed by atoms with Crippen LogP contribution in [0.1, 0.15) is 45.4 Å². The van der Waals surface area contributed by atoms with Gasteiger partial charge in [0.1, 0.15) is 5.78 Å². The normalized spacial score (nSPS) is 35.8. The SMILES string of the molecule is CC1(C2=CCCC2)CCCC1=O. The van der Waals surface area contributed by atoms with Gasteiger partial charge < -0.3 is 0 Å². The third-order valence-electron chi connectivity index (χ3n) is 3.45. The van der Waals surface area contributed by atoms with Crippen LogP contribution in [0, 0.1) is 5.41 Å². The molecule has 0 amide bonds. The first-order chi connectivity index (χ1) is 5.73. The van der Waals surface area contributed by atoms with E-state index in [9.17, 15) is 4.79 Å². The fourth-order valence-electron chi connectivity index (χ4n) is 2.53. The first-order valence-electron chi connectivity index (χ1n) is 4.96. The van der Waals surface area contributed by atoms with E-state index in [1.54, 1.807) is 0 Å². The van der Waals surface area contributed by atoms with Crippen molar-refractivity contribution < 1.29 is 4.79 Å². The average molecular weight is 164 g/mol. The van der Waals surface area contributed by atoms with Crippen molar-refractivity contribution in [2.24, 2.45) is 5.41 Å². The van der Waals surface area contributed by atoms with Gasteiger partial charge in [-0.3, -0.25) is 4.79 Å². The Balaban J connectivity index is 2.24. The van der Waals surface area contributed by atoms with Gasteiger partial charge in [0, 0.05) is 11.8 Å². The fourth-order valence-corrected chi connectivity index (χ4v) is 2.53. The molecule has 0 aromatic carbocycles. The summed E-state index contributed by atoms with van der Waals surface area (Å²) in [6.45, 7) is 2.14. The molecule has 0 spiro atoms. The Bertz CT molecular complexity index is 239. The summed E-state index contributed by atoms with van der Waals surface area (Å²) in [5, 5.41) is 0.